The standard InChI is InChI=1S/C15H18N2O2/c1-11(16)13-6-8-17-15(10-13)19-14-5-3-2-4-12(14)7-9-18/h2-6,8,10-11,18H,7,9,16H2,1H3. The van der Waals surface area contributed by atoms with Crippen molar-refractivity contribution in [1.82, 2.24) is 4.98 Å². The molecule has 2 rings (SSSR count). The van der Waals surface area contributed by atoms with Gasteiger partial charge in [-0.1, -0.05) is 18.2 Å². The molecule has 2 aromatic rings. The van der Waals surface area contributed by atoms with Gasteiger partial charge in [-0.15, -0.1) is 0 Å². The minimum atomic E-state index is -0.0574. The number of benzene rings is 1. The molecule has 1 unspecified atom stereocenters. The molecule has 19 heavy (non-hydrogen) atoms. The van der Waals surface area contributed by atoms with Crippen molar-refractivity contribution in [2.75, 3.05) is 6.61 Å². The van der Waals surface area contributed by atoms with Crippen LogP contribution in [0, 0.1) is 0 Å². The Balaban J connectivity index is 2.23. The van der Waals surface area contributed by atoms with Crippen LogP contribution in [0.25, 0.3) is 0 Å². The first-order valence-electron chi connectivity index (χ1n) is 6.29. The number of aliphatic hydroxyl groups excluding tert-OH is 1. The summed E-state index contributed by atoms with van der Waals surface area (Å²) in [6.07, 6.45) is 2.24. The Morgan fingerprint density at radius 3 is 2.84 bits per heavy atom. The number of rotatable bonds is 5. The lowest BCUT2D eigenvalue weighted by atomic mass is 10.1. The van der Waals surface area contributed by atoms with E-state index in [1.54, 1.807) is 6.20 Å². The molecule has 100 valence electrons. The van der Waals surface area contributed by atoms with Gasteiger partial charge in [-0.25, -0.2) is 4.98 Å². The maximum Gasteiger partial charge on any atom is 0.219 e. The summed E-state index contributed by atoms with van der Waals surface area (Å²) in [4.78, 5) is 4.18. The van der Waals surface area contributed by atoms with Crippen LogP contribution < -0.4 is 10.5 Å². The molecule has 0 saturated heterocycles. The second-order valence-corrected chi connectivity index (χ2v) is 4.40. The molecule has 3 N–H and O–H groups in total. The Labute approximate surface area is 112 Å². The summed E-state index contributed by atoms with van der Waals surface area (Å²) in [5.74, 6) is 1.23. The highest BCUT2D eigenvalue weighted by molar-refractivity contribution is 5.37. The fourth-order valence-corrected chi connectivity index (χ4v) is 1.81. The van der Waals surface area contributed by atoms with Gasteiger partial charge in [0.1, 0.15) is 5.75 Å². The van der Waals surface area contributed by atoms with Gasteiger partial charge in [0.2, 0.25) is 5.88 Å². The quantitative estimate of drug-likeness (QED) is 0.864. The Morgan fingerprint density at radius 1 is 1.32 bits per heavy atom. The largest absolute Gasteiger partial charge is 0.439 e. The van der Waals surface area contributed by atoms with Crippen molar-refractivity contribution >= 4 is 0 Å². The highest BCUT2D eigenvalue weighted by atomic mass is 16.5. The summed E-state index contributed by atoms with van der Waals surface area (Å²) in [5.41, 5.74) is 7.77. The SMILES string of the molecule is CC(N)c1ccnc(Oc2ccccc2CCO)c1. The Morgan fingerprint density at radius 2 is 2.11 bits per heavy atom. The molecule has 1 aromatic carbocycles. The van der Waals surface area contributed by atoms with Crippen LogP contribution in [-0.4, -0.2) is 16.7 Å². The molecule has 0 amide bonds. The number of aliphatic hydroxyl groups is 1. The molecule has 0 spiro atoms. The molecule has 1 heterocycles. The lowest BCUT2D eigenvalue weighted by molar-refractivity contribution is 0.297. The van der Waals surface area contributed by atoms with Gasteiger partial charge in [-0.2, -0.15) is 0 Å². The minimum Gasteiger partial charge on any atom is -0.439 e. The summed E-state index contributed by atoms with van der Waals surface area (Å²) in [5, 5.41) is 9.04. The van der Waals surface area contributed by atoms with E-state index in [-0.39, 0.29) is 12.6 Å². The second-order valence-electron chi connectivity index (χ2n) is 4.40. The fourth-order valence-electron chi connectivity index (χ4n) is 1.81. The molecule has 1 atom stereocenters. The number of hydrogen-bond acceptors (Lipinski definition) is 4. The average Bonchev–Trinajstić information content (AvgIpc) is 2.41. The van der Waals surface area contributed by atoms with Crippen LogP contribution in [0.4, 0.5) is 0 Å². The highest BCUT2D eigenvalue weighted by Crippen LogP contribution is 2.25. The van der Waals surface area contributed by atoms with Crippen LogP contribution in [0.3, 0.4) is 0 Å². The van der Waals surface area contributed by atoms with E-state index in [0.29, 0.717) is 18.1 Å². The van der Waals surface area contributed by atoms with E-state index in [0.717, 1.165) is 11.1 Å². The van der Waals surface area contributed by atoms with Crippen molar-refractivity contribution < 1.29 is 9.84 Å². The topological polar surface area (TPSA) is 68.4 Å². The first-order valence-corrected chi connectivity index (χ1v) is 6.29. The molecule has 0 bridgehead atoms. The fraction of sp³-hybridized carbons (Fsp3) is 0.267. The van der Waals surface area contributed by atoms with Crippen molar-refractivity contribution in [3.63, 3.8) is 0 Å². The average molecular weight is 258 g/mol. The molecular weight excluding hydrogens is 240 g/mol. The molecule has 0 aliphatic rings. The molecule has 0 aliphatic carbocycles. The number of hydrogen-bond donors (Lipinski definition) is 2. The van der Waals surface area contributed by atoms with E-state index in [1.807, 2.05) is 43.3 Å². The third-order valence-electron chi connectivity index (χ3n) is 2.85. The molecule has 0 fully saturated rings. The molecule has 0 saturated carbocycles. The summed E-state index contributed by atoms with van der Waals surface area (Å²) >= 11 is 0. The van der Waals surface area contributed by atoms with E-state index in [4.69, 9.17) is 15.6 Å². The number of ether oxygens (including phenoxy) is 1. The predicted molar refractivity (Wildman–Crippen MR) is 74.1 cm³/mol. The number of para-hydroxylation sites is 1. The monoisotopic (exact) mass is 258 g/mol. The van der Waals surface area contributed by atoms with Crippen molar-refractivity contribution in [3.05, 3.63) is 53.7 Å². The van der Waals surface area contributed by atoms with Gasteiger partial charge in [-0.05, 0) is 36.6 Å². The Bertz CT molecular complexity index is 541. The van der Waals surface area contributed by atoms with Crippen LogP contribution in [0.1, 0.15) is 24.1 Å². The Kier molecular flexibility index (Phi) is 4.49. The zero-order chi connectivity index (χ0) is 13.7. The van der Waals surface area contributed by atoms with Crippen molar-refractivity contribution in [1.29, 1.82) is 0 Å². The summed E-state index contributed by atoms with van der Waals surface area (Å²) in [7, 11) is 0. The molecule has 4 heteroatoms. The first-order chi connectivity index (χ1) is 9.20. The summed E-state index contributed by atoms with van der Waals surface area (Å²) < 4.78 is 5.78. The Hall–Kier alpha value is -1.91. The smallest absolute Gasteiger partial charge is 0.219 e. The van der Waals surface area contributed by atoms with Crippen LogP contribution >= 0.6 is 0 Å². The van der Waals surface area contributed by atoms with Crippen LogP contribution in [0.15, 0.2) is 42.6 Å². The van der Waals surface area contributed by atoms with Gasteiger partial charge in [0, 0.05) is 24.9 Å². The third-order valence-corrected chi connectivity index (χ3v) is 2.85. The van der Waals surface area contributed by atoms with Gasteiger partial charge in [0.05, 0.1) is 0 Å². The number of aromatic nitrogens is 1. The van der Waals surface area contributed by atoms with E-state index in [2.05, 4.69) is 4.98 Å². The zero-order valence-electron chi connectivity index (χ0n) is 10.9. The third kappa shape index (κ3) is 3.53. The first kappa shape index (κ1) is 13.5. The minimum absolute atomic E-state index is 0.0574. The van der Waals surface area contributed by atoms with Gasteiger partial charge in [0.25, 0.3) is 0 Å². The zero-order valence-corrected chi connectivity index (χ0v) is 10.9. The lowest BCUT2D eigenvalue weighted by Crippen LogP contribution is -2.05. The second kappa shape index (κ2) is 6.31. The van der Waals surface area contributed by atoms with Crippen LogP contribution in [0.2, 0.25) is 0 Å². The maximum absolute atomic E-state index is 9.04. The molecule has 0 aliphatic heterocycles. The molecule has 4 nitrogen and oxygen atoms in total. The molecule has 1 aromatic heterocycles. The highest BCUT2D eigenvalue weighted by Gasteiger charge is 2.06. The maximum atomic E-state index is 9.04. The van der Waals surface area contributed by atoms with E-state index in [1.165, 1.54) is 0 Å². The summed E-state index contributed by atoms with van der Waals surface area (Å²) in [6, 6.07) is 11.3. The van der Waals surface area contributed by atoms with Crippen LogP contribution in [0.5, 0.6) is 11.6 Å². The molecular formula is C15H18N2O2. The van der Waals surface area contributed by atoms with E-state index < -0.39 is 0 Å². The van der Waals surface area contributed by atoms with Gasteiger partial charge < -0.3 is 15.6 Å². The number of nitrogens with zero attached hydrogens (tertiary/aromatic N) is 1. The van der Waals surface area contributed by atoms with E-state index >= 15 is 0 Å². The lowest BCUT2D eigenvalue weighted by Gasteiger charge is -2.11. The molecule has 0 radical (unpaired) electrons. The summed E-state index contributed by atoms with van der Waals surface area (Å²) in [6.45, 7) is 2.01. The van der Waals surface area contributed by atoms with Crippen molar-refractivity contribution in [2.24, 2.45) is 5.73 Å². The number of pyridine rings is 1. The van der Waals surface area contributed by atoms with Gasteiger partial charge >= 0.3 is 0 Å². The van der Waals surface area contributed by atoms with Gasteiger partial charge in [0.15, 0.2) is 0 Å². The number of nitrogens with two attached hydrogens (primary N) is 1. The van der Waals surface area contributed by atoms with E-state index in [9.17, 15) is 0 Å². The normalized spacial score (nSPS) is 12.2. The van der Waals surface area contributed by atoms with Crippen molar-refractivity contribution in [3.8, 4) is 11.6 Å². The van der Waals surface area contributed by atoms with Gasteiger partial charge in [-0.3, -0.25) is 0 Å². The predicted octanol–water partition coefficient (Wildman–Crippen LogP) is 2.43. The van der Waals surface area contributed by atoms with Crippen LogP contribution in [-0.2, 0) is 6.42 Å². The van der Waals surface area contributed by atoms with Crippen molar-refractivity contribution in [2.45, 2.75) is 19.4 Å².